The van der Waals surface area contributed by atoms with Crippen LogP contribution in [0.3, 0.4) is 0 Å². The number of ether oxygens (including phenoxy) is 2. The molecule has 0 bridgehead atoms. The van der Waals surface area contributed by atoms with Crippen molar-refractivity contribution in [3.63, 3.8) is 0 Å². The predicted molar refractivity (Wildman–Crippen MR) is 298 cm³/mol. The molecule has 2 fully saturated rings. The number of aromatic nitrogens is 6. The molecule has 8 aromatic rings. The van der Waals surface area contributed by atoms with Crippen LogP contribution in [-0.2, 0) is 41.8 Å². The molecule has 0 aliphatic carbocycles. The fraction of sp³-hybridized carbons (Fsp3) is 0.291. The number of halogens is 5. The molecular weight excluding hydrogens is 1420 g/mol. The summed E-state index contributed by atoms with van der Waals surface area (Å²) in [5.74, 6) is 1.42. The molecule has 0 radical (unpaired) electrons. The molecule has 85 heavy (non-hydrogen) atoms. The van der Waals surface area contributed by atoms with E-state index in [0.717, 1.165) is 35.6 Å². The fourth-order valence-electron chi connectivity index (χ4n) is 8.76. The molecule has 4 aromatic carbocycles. The van der Waals surface area contributed by atoms with Gasteiger partial charge in [-0.05, 0) is 122 Å². The van der Waals surface area contributed by atoms with E-state index >= 15 is 0 Å². The zero-order chi connectivity index (χ0) is 59.7. The number of anilines is 2. The van der Waals surface area contributed by atoms with E-state index in [9.17, 15) is 44.0 Å². The minimum atomic E-state index is -3.04. The van der Waals surface area contributed by atoms with Gasteiger partial charge in [0.1, 0.15) is 31.2 Å². The number of carbonyl (C=O) groups excluding carboxylic acids is 1. The van der Waals surface area contributed by atoms with Crippen LogP contribution in [0.2, 0.25) is 0 Å². The van der Waals surface area contributed by atoms with E-state index in [2.05, 4.69) is 61.7 Å². The van der Waals surface area contributed by atoms with Crippen molar-refractivity contribution in [3.05, 3.63) is 166 Å². The molecule has 0 spiro atoms. The van der Waals surface area contributed by atoms with Crippen molar-refractivity contribution in [2.24, 2.45) is 0 Å². The normalized spacial score (nSPS) is 13.6. The molecule has 0 unspecified atom stereocenters. The Morgan fingerprint density at radius 1 is 0.635 bits per heavy atom. The fourth-order valence-corrected chi connectivity index (χ4v) is 11.1. The van der Waals surface area contributed by atoms with Crippen LogP contribution in [0.5, 0.6) is 11.5 Å². The number of alkyl halides is 5. The first-order chi connectivity index (χ1) is 39.7. The van der Waals surface area contributed by atoms with Crippen LogP contribution in [0.4, 0.5) is 28.9 Å². The maximum atomic E-state index is 12.6. The predicted octanol–water partition coefficient (Wildman–Crippen LogP) is 1.92. The largest absolute Gasteiger partial charge is 1.00 e. The number of sulfone groups is 2. The monoisotopic (exact) mass is 1480 g/mol. The van der Waals surface area contributed by atoms with Crippen LogP contribution in [0, 0.1) is 0 Å². The third-order valence-corrected chi connectivity index (χ3v) is 16.6. The zero-order valence-electron chi connectivity index (χ0n) is 47.3. The van der Waals surface area contributed by atoms with Gasteiger partial charge in [0.25, 0.3) is 12.0 Å². The SMILES string of the molecule is CS(=O)(=O)C1CCN(c2cccc(CCl)c2)CC1.CS(=O)(=O)C1CCN(c2cccc(Cn3cc(-c4nnc(-c5ccc(OC(F)F)cc5)o4)ccc3=O)c2)CC1.O=CO[O-].O=c1ccc(-c2nnc(-c3ccc(OC(F)F)cc3)o2)c[nH]1.[Cs+].[Cs+].[H-]. The first kappa shape index (κ1) is 71.5. The van der Waals surface area contributed by atoms with E-state index in [4.69, 9.17) is 30.5 Å². The number of benzene rings is 4. The molecule has 2 aliphatic heterocycles. The summed E-state index contributed by atoms with van der Waals surface area (Å²) >= 11 is 5.82. The van der Waals surface area contributed by atoms with E-state index < -0.39 is 32.9 Å². The molecule has 4 aromatic heterocycles. The van der Waals surface area contributed by atoms with Gasteiger partial charge in [0.2, 0.25) is 29.1 Å². The molecule has 0 amide bonds. The number of rotatable bonds is 16. The summed E-state index contributed by atoms with van der Waals surface area (Å²) in [6.07, 6.45) is 8.33. The molecule has 21 nitrogen and oxygen atoms in total. The summed E-state index contributed by atoms with van der Waals surface area (Å²) in [7, 11) is -5.94. The Morgan fingerprint density at radius 2 is 1.04 bits per heavy atom. The minimum Gasteiger partial charge on any atom is -1.00 e. The maximum absolute atomic E-state index is 12.6. The number of hydrogen-bond acceptors (Lipinski definition) is 19. The van der Waals surface area contributed by atoms with Crippen LogP contribution in [0.25, 0.3) is 45.8 Å². The molecule has 0 atom stereocenters. The summed E-state index contributed by atoms with van der Waals surface area (Å²) in [6.45, 7) is -2.76. The average molecular weight is 1480 g/mol. The quantitative estimate of drug-likeness (QED) is 0.0476. The molecule has 442 valence electrons. The second-order valence-electron chi connectivity index (χ2n) is 18.7. The maximum Gasteiger partial charge on any atom is 1.00 e. The van der Waals surface area contributed by atoms with E-state index in [1.807, 2.05) is 36.4 Å². The molecule has 6 heterocycles. The summed E-state index contributed by atoms with van der Waals surface area (Å²) < 4.78 is 117. The topological polar surface area (TPSA) is 275 Å². The number of hydrogen-bond donors (Lipinski definition) is 1. The van der Waals surface area contributed by atoms with Crippen molar-refractivity contribution in [2.75, 3.05) is 48.5 Å². The first-order valence-electron chi connectivity index (χ1n) is 25.2. The number of aromatic amines is 1. The van der Waals surface area contributed by atoms with Crippen molar-refractivity contribution in [3.8, 4) is 57.3 Å². The third-order valence-electron chi connectivity index (χ3n) is 13.0. The van der Waals surface area contributed by atoms with Gasteiger partial charge in [-0.25, -0.2) is 16.8 Å². The Morgan fingerprint density at radius 3 is 1.44 bits per heavy atom. The van der Waals surface area contributed by atoms with Gasteiger partial charge in [0.15, 0.2) is 0 Å². The van der Waals surface area contributed by atoms with Gasteiger partial charge >= 0.3 is 151 Å². The van der Waals surface area contributed by atoms with Gasteiger partial charge in [0, 0.05) is 91.6 Å². The molecule has 10 rings (SSSR count). The second kappa shape index (κ2) is 34.5. The Kier molecular flexibility index (Phi) is 29.0. The third kappa shape index (κ3) is 22.1. The van der Waals surface area contributed by atoms with E-state index in [0.29, 0.717) is 73.5 Å². The van der Waals surface area contributed by atoms with Crippen LogP contribution in [-0.4, -0.2) is 116 Å². The standard InChI is InChI=1S/C27H26F2N4O5S.C14H9F2N3O3.C13H18ClNO2S.CH2O3.2Cs.H/c1-39(35,36)23-11-13-32(14-12-23)21-4-2-3-18(15-21)16-33-17-20(7-10-24(33)34)26-31-30-25(38-26)19-5-8-22(9-6-19)37-27(28)29;15-14(16)21-10-4-1-8(2-5-10)12-18-19-13(22-12)9-3-6-11(20)17-7-9;1-18(16,17)13-5-7-15(8-6-13)12-4-2-3-11(9-12)10-14;2-1-4-3;;;/h2-10,15,17,23,27H,11-14,16H2,1H3;1-7,14H,(H,17,20);2-4,9,13H,5-8,10H2,1H3;1,3H;;;/q;;;;2*+1;-1/p-1. The van der Waals surface area contributed by atoms with Gasteiger partial charge < -0.3 is 49.2 Å². The van der Waals surface area contributed by atoms with Gasteiger partial charge in [-0.2, -0.15) is 17.6 Å². The van der Waals surface area contributed by atoms with Crippen molar-refractivity contribution in [1.29, 1.82) is 0 Å². The molecular formula is C55H55ClCs2F4N8O13S2. The van der Waals surface area contributed by atoms with E-state index in [-0.39, 0.29) is 202 Å². The van der Waals surface area contributed by atoms with Crippen molar-refractivity contribution in [2.45, 2.75) is 61.8 Å². The van der Waals surface area contributed by atoms with Crippen LogP contribution < -0.4 is 173 Å². The Labute approximate surface area is 609 Å². The van der Waals surface area contributed by atoms with Gasteiger partial charge in [-0.1, -0.05) is 24.3 Å². The second-order valence-corrected chi connectivity index (χ2v) is 23.6. The summed E-state index contributed by atoms with van der Waals surface area (Å²) in [6, 6.07) is 33.5. The van der Waals surface area contributed by atoms with Crippen LogP contribution in [0.1, 0.15) is 38.2 Å². The zero-order valence-corrected chi connectivity index (χ0v) is 61.3. The van der Waals surface area contributed by atoms with Crippen molar-refractivity contribution >= 4 is 49.1 Å². The van der Waals surface area contributed by atoms with Gasteiger partial charge in [0.05, 0.1) is 28.2 Å². The van der Waals surface area contributed by atoms with Crippen molar-refractivity contribution in [1.82, 2.24) is 29.9 Å². The van der Waals surface area contributed by atoms with Crippen molar-refractivity contribution < 1.29 is 207 Å². The number of nitrogens with zero attached hydrogens (tertiary/aromatic N) is 7. The number of carbonyl (C=O) groups is 1. The molecule has 30 heteroatoms. The smallest absolute Gasteiger partial charge is 1.00 e. The summed E-state index contributed by atoms with van der Waals surface area (Å²) in [5.41, 5.74) is 5.89. The Bertz CT molecular complexity index is 3750. The van der Waals surface area contributed by atoms with E-state index in [1.54, 1.807) is 22.9 Å². The Hall–Kier alpha value is -4.30. The molecule has 0 saturated carbocycles. The van der Waals surface area contributed by atoms with Crippen LogP contribution in [0.15, 0.2) is 152 Å². The summed E-state index contributed by atoms with van der Waals surface area (Å²) in [4.78, 5) is 41.8. The van der Waals surface area contributed by atoms with E-state index in [1.165, 1.54) is 79.4 Å². The first-order valence-corrected chi connectivity index (χ1v) is 29.6. The number of nitrogens with one attached hydrogen (secondary N) is 1. The summed E-state index contributed by atoms with van der Waals surface area (Å²) in [5, 5.41) is 23.8. The molecule has 2 aliphatic rings. The number of pyridine rings is 2. The Balaban J connectivity index is 0.000000286. The number of piperidine rings is 2. The number of H-pyrrole nitrogens is 1. The average Bonchev–Trinajstić information content (AvgIpc) is 3.30. The van der Waals surface area contributed by atoms with Crippen LogP contribution >= 0.6 is 11.6 Å². The molecule has 1 N–H and O–H groups in total. The van der Waals surface area contributed by atoms with Gasteiger partial charge in [-0.15, -0.1) is 32.0 Å². The minimum absolute atomic E-state index is 0. The molecule has 2 saturated heterocycles. The van der Waals surface area contributed by atoms with Gasteiger partial charge in [-0.3, -0.25) is 14.4 Å².